The number of oxazole rings is 1. The lowest BCUT2D eigenvalue weighted by atomic mass is 10.3. The van der Waals surface area contributed by atoms with Gasteiger partial charge in [0, 0.05) is 12.1 Å². The van der Waals surface area contributed by atoms with Crippen molar-refractivity contribution < 1.29 is 27.2 Å². The molecule has 0 saturated heterocycles. The maximum atomic E-state index is 12.2. The minimum atomic E-state index is -3.81. The third kappa shape index (κ3) is 5.39. The summed E-state index contributed by atoms with van der Waals surface area (Å²) >= 11 is 0. The summed E-state index contributed by atoms with van der Waals surface area (Å²) in [7, 11) is -3.81. The lowest BCUT2D eigenvalue weighted by Gasteiger charge is -2.13. The lowest BCUT2D eigenvalue weighted by molar-refractivity contribution is -0.153. The normalized spacial score (nSPS) is 12.5. The van der Waals surface area contributed by atoms with Crippen molar-refractivity contribution in [3.8, 4) is 0 Å². The van der Waals surface area contributed by atoms with Gasteiger partial charge in [0.2, 0.25) is 10.0 Å². The first-order chi connectivity index (χ1) is 13.7. The number of nitrogens with two attached hydrogens (primary N) is 1. The van der Waals surface area contributed by atoms with Crippen LogP contribution in [0.15, 0.2) is 57.8 Å². The van der Waals surface area contributed by atoms with Gasteiger partial charge in [-0.1, -0.05) is 12.1 Å². The second-order valence-electron chi connectivity index (χ2n) is 6.27. The number of nitrogens with zero attached hydrogens (tertiary/aromatic N) is 1. The van der Waals surface area contributed by atoms with Crippen LogP contribution in [0.5, 0.6) is 0 Å². The van der Waals surface area contributed by atoms with Gasteiger partial charge in [-0.2, -0.15) is 0 Å². The molecule has 152 valence electrons. The molecule has 0 fully saturated rings. The Hall–Kier alpha value is -3.24. The summed E-state index contributed by atoms with van der Waals surface area (Å²) in [6, 6.07) is 12.6. The molecule has 1 amide bonds. The molecule has 9 nitrogen and oxygen atoms in total. The smallest absolute Gasteiger partial charge is 0.307 e. The number of carbonyl (C=O) groups excluding carboxylic acids is 2. The van der Waals surface area contributed by atoms with Crippen molar-refractivity contribution in [3.05, 3.63) is 54.4 Å². The number of benzene rings is 2. The van der Waals surface area contributed by atoms with E-state index in [1.165, 1.54) is 31.2 Å². The van der Waals surface area contributed by atoms with Crippen LogP contribution in [0.1, 0.15) is 19.2 Å². The van der Waals surface area contributed by atoms with E-state index in [0.29, 0.717) is 22.7 Å². The van der Waals surface area contributed by atoms with Gasteiger partial charge >= 0.3 is 5.97 Å². The third-order valence-corrected chi connectivity index (χ3v) is 4.94. The molecule has 3 N–H and O–H groups in total. The zero-order chi connectivity index (χ0) is 21.0. The summed E-state index contributed by atoms with van der Waals surface area (Å²) in [5, 5.41) is 7.55. The maximum Gasteiger partial charge on any atom is 0.307 e. The number of sulfonamides is 1. The van der Waals surface area contributed by atoms with Crippen LogP contribution >= 0.6 is 0 Å². The molecule has 0 aliphatic carbocycles. The standard InChI is InChI=1S/C19H19N3O6S/c1-12(19(24)21-13-6-8-14(9-7-13)29(20,25)26)27-18(23)11-10-17-22-15-4-2-3-5-16(15)28-17/h2-9,12H,10-11H2,1H3,(H,21,24)(H2,20,25,26)/t12-/m0/s1. The number of ether oxygens (including phenoxy) is 1. The molecule has 0 radical (unpaired) electrons. The molecular formula is C19H19N3O6S. The molecule has 1 heterocycles. The van der Waals surface area contributed by atoms with E-state index >= 15 is 0 Å². The highest BCUT2D eigenvalue weighted by Crippen LogP contribution is 2.16. The highest BCUT2D eigenvalue weighted by Gasteiger charge is 2.19. The van der Waals surface area contributed by atoms with E-state index < -0.39 is 28.0 Å². The average molecular weight is 417 g/mol. The molecule has 29 heavy (non-hydrogen) atoms. The Bertz CT molecular complexity index is 1110. The van der Waals surface area contributed by atoms with E-state index in [1.54, 1.807) is 6.07 Å². The molecule has 0 saturated carbocycles. The van der Waals surface area contributed by atoms with Crippen LogP contribution in [0.4, 0.5) is 5.69 Å². The highest BCUT2D eigenvalue weighted by molar-refractivity contribution is 7.89. The fourth-order valence-electron chi connectivity index (χ4n) is 2.52. The summed E-state index contributed by atoms with van der Waals surface area (Å²) < 4.78 is 33.1. The minimum Gasteiger partial charge on any atom is -0.453 e. The zero-order valence-corrected chi connectivity index (χ0v) is 16.3. The van der Waals surface area contributed by atoms with Crippen molar-refractivity contribution in [1.82, 2.24) is 4.98 Å². The first kappa shape index (κ1) is 20.5. The number of aryl methyl sites for hydroxylation is 1. The van der Waals surface area contributed by atoms with Crippen LogP contribution in [0.3, 0.4) is 0 Å². The number of carbonyl (C=O) groups is 2. The SMILES string of the molecule is C[C@H](OC(=O)CCc1nc2ccccc2o1)C(=O)Nc1ccc(S(N)(=O)=O)cc1. The zero-order valence-electron chi connectivity index (χ0n) is 15.5. The van der Waals surface area contributed by atoms with Crippen LogP contribution in [-0.4, -0.2) is 31.4 Å². The molecule has 0 unspecified atom stereocenters. The van der Waals surface area contributed by atoms with Gasteiger partial charge in [-0.3, -0.25) is 9.59 Å². The van der Waals surface area contributed by atoms with E-state index in [0.717, 1.165) is 0 Å². The first-order valence-corrected chi connectivity index (χ1v) is 10.2. The molecule has 0 bridgehead atoms. The van der Waals surface area contributed by atoms with Gasteiger partial charge in [0.05, 0.1) is 11.3 Å². The van der Waals surface area contributed by atoms with E-state index in [1.807, 2.05) is 18.2 Å². The third-order valence-electron chi connectivity index (χ3n) is 4.01. The Morgan fingerprint density at radius 3 is 2.52 bits per heavy atom. The number of fused-ring (bicyclic) bond motifs is 1. The van der Waals surface area contributed by atoms with Crippen LogP contribution < -0.4 is 10.5 Å². The van der Waals surface area contributed by atoms with Gasteiger partial charge in [-0.05, 0) is 43.3 Å². The summed E-state index contributed by atoms with van der Waals surface area (Å²) in [6.07, 6.45) is -0.784. The Morgan fingerprint density at radius 2 is 1.86 bits per heavy atom. The first-order valence-electron chi connectivity index (χ1n) is 8.70. The van der Waals surface area contributed by atoms with Crippen LogP contribution in [0, 0.1) is 0 Å². The van der Waals surface area contributed by atoms with Gasteiger partial charge in [-0.15, -0.1) is 0 Å². The predicted molar refractivity (Wildman–Crippen MR) is 104 cm³/mol. The Balaban J connectivity index is 1.50. The quantitative estimate of drug-likeness (QED) is 0.560. The van der Waals surface area contributed by atoms with E-state index in [-0.39, 0.29) is 17.7 Å². The molecule has 0 aliphatic rings. The summed E-state index contributed by atoms with van der Waals surface area (Å²) in [4.78, 5) is 28.4. The maximum absolute atomic E-state index is 12.2. The molecule has 0 aliphatic heterocycles. The highest BCUT2D eigenvalue weighted by atomic mass is 32.2. The average Bonchev–Trinajstić information content (AvgIpc) is 3.09. The van der Waals surface area contributed by atoms with Crippen LogP contribution in [-0.2, 0) is 30.8 Å². The van der Waals surface area contributed by atoms with Gasteiger partial charge in [0.1, 0.15) is 5.52 Å². The van der Waals surface area contributed by atoms with Crippen molar-refractivity contribution in [1.29, 1.82) is 0 Å². The fraction of sp³-hybridized carbons (Fsp3) is 0.211. The monoisotopic (exact) mass is 417 g/mol. The van der Waals surface area contributed by atoms with E-state index in [9.17, 15) is 18.0 Å². The summed E-state index contributed by atoms with van der Waals surface area (Å²) in [5.74, 6) is -0.710. The fourth-order valence-corrected chi connectivity index (χ4v) is 3.03. The molecule has 1 atom stereocenters. The number of esters is 1. The van der Waals surface area contributed by atoms with Gasteiger partial charge in [0.25, 0.3) is 5.91 Å². The Kier molecular flexibility index (Phi) is 5.95. The van der Waals surface area contributed by atoms with Crippen molar-refractivity contribution in [3.63, 3.8) is 0 Å². The van der Waals surface area contributed by atoms with Crippen molar-refractivity contribution in [2.45, 2.75) is 30.8 Å². The molecule has 10 heteroatoms. The Labute approximate surface area is 166 Å². The number of amides is 1. The van der Waals surface area contributed by atoms with Gasteiger partial charge < -0.3 is 14.5 Å². The van der Waals surface area contributed by atoms with Crippen molar-refractivity contribution in [2.24, 2.45) is 5.14 Å². The number of aromatic nitrogens is 1. The van der Waals surface area contributed by atoms with Gasteiger partial charge in [-0.25, -0.2) is 18.5 Å². The second kappa shape index (κ2) is 8.41. The van der Waals surface area contributed by atoms with E-state index in [4.69, 9.17) is 14.3 Å². The van der Waals surface area contributed by atoms with Crippen LogP contribution in [0.2, 0.25) is 0 Å². The lowest BCUT2D eigenvalue weighted by Crippen LogP contribution is -2.30. The number of hydrogen-bond acceptors (Lipinski definition) is 7. The molecule has 1 aromatic heterocycles. The Morgan fingerprint density at radius 1 is 1.17 bits per heavy atom. The molecule has 0 spiro atoms. The molecular weight excluding hydrogens is 398 g/mol. The van der Waals surface area contributed by atoms with Crippen LogP contribution in [0.25, 0.3) is 11.1 Å². The molecule has 3 rings (SSSR count). The minimum absolute atomic E-state index is 0.00744. The number of primary sulfonamides is 1. The largest absolute Gasteiger partial charge is 0.453 e. The topological polar surface area (TPSA) is 142 Å². The number of nitrogens with one attached hydrogen (secondary N) is 1. The number of anilines is 1. The predicted octanol–water partition coefficient (Wildman–Crippen LogP) is 1.98. The summed E-state index contributed by atoms with van der Waals surface area (Å²) in [6.45, 7) is 1.44. The molecule has 3 aromatic rings. The van der Waals surface area contributed by atoms with Gasteiger partial charge in [0.15, 0.2) is 17.6 Å². The van der Waals surface area contributed by atoms with Crippen molar-refractivity contribution >= 4 is 38.7 Å². The van der Waals surface area contributed by atoms with E-state index in [2.05, 4.69) is 10.3 Å². The number of rotatable bonds is 7. The number of hydrogen-bond donors (Lipinski definition) is 2. The number of para-hydroxylation sites is 2. The molecule has 2 aromatic carbocycles. The second-order valence-corrected chi connectivity index (χ2v) is 7.83. The van der Waals surface area contributed by atoms with Crippen molar-refractivity contribution in [2.75, 3.05) is 5.32 Å². The summed E-state index contributed by atoms with van der Waals surface area (Å²) in [5.41, 5.74) is 1.69.